The normalized spacial score (nSPS) is 17.1. The Labute approximate surface area is 198 Å². The van der Waals surface area contributed by atoms with Gasteiger partial charge in [-0.25, -0.2) is 4.68 Å². The topological polar surface area (TPSA) is 145 Å². The lowest BCUT2D eigenvalue weighted by Crippen LogP contribution is -2.23. The first-order chi connectivity index (χ1) is 15.9. The van der Waals surface area contributed by atoms with Crippen LogP contribution in [0.2, 0.25) is 0 Å². The summed E-state index contributed by atoms with van der Waals surface area (Å²) in [5, 5.41) is 17.3. The van der Waals surface area contributed by atoms with E-state index in [1.807, 2.05) is 24.3 Å². The molecule has 2 aromatic carbocycles. The number of aliphatic hydroxyl groups is 1. The third-order valence-electron chi connectivity index (χ3n) is 5.95. The lowest BCUT2D eigenvalue weighted by Gasteiger charge is -2.11. The number of methoxy groups -OCH3 is 1. The zero-order chi connectivity index (χ0) is 23.5. The molecule has 0 spiro atoms. The Morgan fingerprint density at radius 3 is 2.50 bits per heavy atom. The zero-order valence-electron chi connectivity index (χ0n) is 18.3. The smallest absolute Gasteiger partial charge is 0.255 e. The van der Waals surface area contributed by atoms with Gasteiger partial charge in [0.2, 0.25) is 0 Å². The quantitative estimate of drug-likeness (QED) is 0.422. The number of para-hydroxylation sites is 1. The Bertz CT molecular complexity index is 1170. The van der Waals surface area contributed by atoms with Crippen LogP contribution >= 0.6 is 0 Å². The molecule has 34 heavy (non-hydrogen) atoms. The van der Waals surface area contributed by atoms with Gasteiger partial charge in [-0.15, -0.1) is 0 Å². The third kappa shape index (κ3) is 4.89. The summed E-state index contributed by atoms with van der Waals surface area (Å²) < 4.78 is 6.84. The number of hydrogen-bond acceptors (Lipinski definition) is 6. The van der Waals surface area contributed by atoms with Gasteiger partial charge in [-0.05, 0) is 37.0 Å². The van der Waals surface area contributed by atoms with Crippen molar-refractivity contribution >= 4 is 17.6 Å². The number of carbonyl (C=O) groups is 2. The van der Waals surface area contributed by atoms with Gasteiger partial charge in [0.1, 0.15) is 22.8 Å². The van der Waals surface area contributed by atoms with Crippen LogP contribution in [0.5, 0.6) is 5.75 Å². The van der Waals surface area contributed by atoms with Crippen molar-refractivity contribution in [1.29, 1.82) is 0 Å². The fourth-order valence-corrected chi connectivity index (χ4v) is 4.22. The van der Waals surface area contributed by atoms with Crippen LogP contribution < -0.4 is 21.5 Å². The van der Waals surface area contributed by atoms with Gasteiger partial charge in [0.15, 0.2) is 0 Å². The van der Waals surface area contributed by atoms with E-state index in [1.165, 1.54) is 7.11 Å². The van der Waals surface area contributed by atoms with E-state index < -0.39 is 12.0 Å². The highest BCUT2D eigenvalue weighted by atomic mass is 16.5. The second-order valence-corrected chi connectivity index (χ2v) is 8.12. The van der Waals surface area contributed by atoms with E-state index in [4.69, 9.17) is 16.2 Å². The summed E-state index contributed by atoms with van der Waals surface area (Å²) in [6.45, 7) is 0.316. The van der Waals surface area contributed by atoms with Crippen LogP contribution in [0.25, 0.3) is 11.3 Å². The van der Waals surface area contributed by atoms with Gasteiger partial charge >= 0.3 is 0 Å². The number of rotatable bonds is 7. The van der Waals surface area contributed by atoms with E-state index >= 15 is 0 Å². The Kier molecular flexibility index (Phi) is 7.57. The van der Waals surface area contributed by atoms with Crippen LogP contribution in [0.1, 0.15) is 59.0 Å². The molecule has 0 aliphatic heterocycles. The van der Waals surface area contributed by atoms with Crippen molar-refractivity contribution in [3.63, 3.8) is 0 Å². The van der Waals surface area contributed by atoms with Gasteiger partial charge < -0.3 is 26.6 Å². The third-order valence-corrected chi connectivity index (χ3v) is 5.95. The largest absolute Gasteiger partial charge is 0.496 e. The number of primary amides is 1. The molecule has 9 heteroatoms. The predicted octanol–water partition coefficient (Wildman–Crippen LogP) is 2.89. The first-order valence-electron chi connectivity index (χ1n) is 10.8. The molecule has 2 atom stereocenters. The summed E-state index contributed by atoms with van der Waals surface area (Å²) >= 11 is 0. The maximum atomic E-state index is 12.5. The number of anilines is 1. The number of nitrogens with one attached hydrogen (secondary N) is 1. The molecule has 0 bridgehead atoms. The van der Waals surface area contributed by atoms with Gasteiger partial charge in [-0.2, -0.15) is 5.10 Å². The zero-order valence-corrected chi connectivity index (χ0v) is 18.3. The number of nitrogens with two attached hydrogens (primary N) is 2. The lowest BCUT2D eigenvalue weighted by molar-refractivity contribution is 0.0946. The van der Waals surface area contributed by atoms with E-state index in [0.717, 1.165) is 12.0 Å². The van der Waals surface area contributed by atoms with Crippen LogP contribution in [0, 0.1) is 0 Å². The minimum atomic E-state index is -0.652. The van der Waals surface area contributed by atoms with E-state index in [-0.39, 0.29) is 30.8 Å². The first kappa shape index (κ1) is 24.8. The van der Waals surface area contributed by atoms with Crippen LogP contribution in [0.3, 0.4) is 0 Å². The minimum absolute atomic E-state index is 0. The number of nitrogens with zero attached hydrogens (tertiary/aromatic N) is 2. The maximum Gasteiger partial charge on any atom is 0.255 e. The molecule has 4 rings (SSSR count). The van der Waals surface area contributed by atoms with Crippen molar-refractivity contribution in [2.24, 2.45) is 5.73 Å². The van der Waals surface area contributed by atoms with Gasteiger partial charge in [0.05, 0.1) is 24.8 Å². The molecule has 1 fully saturated rings. The van der Waals surface area contributed by atoms with Gasteiger partial charge in [-0.1, -0.05) is 43.8 Å². The summed E-state index contributed by atoms with van der Waals surface area (Å²) in [6, 6.07) is 14.3. The number of ether oxygens (including phenoxy) is 1. The van der Waals surface area contributed by atoms with E-state index in [9.17, 15) is 14.7 Å². The van der Waals surface area contributed by atoms with Crippen molar-refractivity contribution in [2.75, 3.05) is 12.8 Å². The molecule has 1 saturated carbocycles. The van der Waals surface area contributed by atoms with E-state index in [0.29, 0.717) is 42.0 Å². The fraction of sp³-hybridized carbons (Fsp3) is 0.320. The average Bonchev–Trinajstić information content (AvgIpc) is 3.40. The van der Waals surface area contributed by atoms with Gasteiger partial charge in [-0.3, -0.25) is 9.59 Å². The molecule has 1 aromatic heterocycles. The molecule has 1 aliphatic rings. The van der Waals surface area contributed by atoms with Crippen molar-refractivity contribution in [2.45, 2.75) is 45.4 Å². The Morgan fingerprint density at radius 1 is 1.18 bits per heavy atom. The Hall–Kier alpha value is -3.85. The van der Waals surface area contributed by atoms with Gasteiger partial charge in [0.25, 0.3) is 11.8 Å². The number of carbonyl (C=O) groups excluding carboxylic acids is 2. The van der Waals surface area contributed by atoms with Crippen molar-refractivity contribution in [3.8, 4) is 17.0 Å². The molecule has 0 radical (unpaired) electrons. The molecule has 2 amide bonds. The Morgan fingerprint density at radius 2 is 1.88 bits per heavy atom. The summed E-state index contributed by atoms with van der Waals surface area (Å²) in [4.78, 5) is 24.6. The summed E-state index contributed by atoms with van der Waals surface area (Å²) in [6.07, 6.45) is 1.54. The average molecular weight is 466 g/mol. The number of benzene rings is 2. The number of aliphatic hydroxyl groups excluding tert-OH is 1. The van der Waals surface area contributed by atoms with Crippen molar-refractivity contribution in [3.05, 3.63) is 65.2 Å². The highest BCUT2D eigenvalue weighted by Gasteiger charge is 2.30. The molecular weight excluding hydrogens is 434 g/mol. The van der Waals surface area contributed by atoms with Crippen LogP contribution in [-0.2, 0) is 6.54 Å². The molecule has 3 aromatic rings. The standard InChI is InChI=1S/C24H27N5O4.CH4/c1-33-19-5-3-2-4-18(19)24(32)27-13-14-6-8-15(9-7-14)21-20(23(26)31)22(25)29(28-21)16-10-11-17(30)12-16;/h2-9,16-17,30H,10-13,25H2,1H3,(H2,26,31)(H,27,32);1H4. The summed E-state index contributed by atoms with van der Waals surface area (Å²) in [7, 11) is 1.52. The number of aromatic nitrogens is 2. The Balaban J connectivity index is 0.00000324. The molecular formula is C25H31N5O4. The van der Waals surface area contributed by atoms with Crippen molar-refractivity contribution < 1.29 is 19.4 Å². The van der Waals surface area contributed by atoms with E-state index in [2.05, 4.69) is 10.4 Å². The van der Waals surface area contributed by atoms with Crippen molar-refractivity contribution in [1.82, 2.24) is 15.1 Å². The van der Waals surface area contributed by atoms with Gasteiger partial charge in [0, 0.05) is 12.1 Å². The lowest BCUT2D eigenvalue weighted by atomic mass is 10.0. The predicted molar refractivity (Wildman–Crippen MR) is 130 cm³/mol. The molecule has 1 heterocycles. The second kappa shape index (κ2) is 10.4. The van der Waals surface area contributed by atoms with Crippen LogP contribution in [0.15, 0.2) is 48.5 Å². The second-order valence-electron chi connectivity index (χ2n) is 8.12. The highest BCUT2D eigenvalue weighted by Crippen LogP contribution is 2.35. The summed E-state index contributed by atoms with van der Waals surface area (Å²) in [5.41, 5.74) is 14.4. The molecule has 2 unspecified atom stereocenters. The number of nitrogen functional groups attached to an aromatic ring is 1. The molecule has 180 valence electrons. The maximum absolute atomic E-state index is 12.5. The summed E-state index contributed by atoms with van der Waals surface area (Å²) in [5.74, 6) is -0.171. The van der Waals surface area contributed by atoms with Crippen LogP contribution in [0.4, 0.5) is 5.82 Å². The number of amides is 2. The molecule has 0 saturated heterocycles. The van der Waals surface area contributed by atoms with E-state index in [1.54, 1.807) is 28.9 Å². The molecule has 1 aliphatic carbocycles. The monoisotopic (exact) mass is 465 g/mol. The number of hydrogen-bond donors (Lipinski definition) is 4. The molecule has 9 nitrogen and oxygen atoms in total. The SMILES string of the molecule is C.COc1ccccc1C(=O)NCc1ccc(-c2nn(C3CCC(O)C3)c(N)c2C(N)=O)cc1. The molecule has 6 N–H and O–H groups in total. The fourth-order valence-electron chi connectivity index (χ4n) is 4.22. The first-order valence-corrected chi connectivity index (χ1v) is 10.8. The highest BCUT2D eigenvalue weighted by molar-refractivity contribution is 6.03. The minimum Gasteiger partial charge on any atom is -0.496 e. The van der Waals surface area contributed by atoms with Crippen LogP contribution in [-0.4, -0.2) is 39.9 Å².